The average Bonchev–Trinajstić information content (AvgIpc) is 3.92. The van der Waals surface area contributed by atoms with Gasteiger partial charge in [0.15, 0.2) is 25.2 Å². The fourth-order valence-electron chi connectivity index (χ4n) is 9.70. The van der Waals surface area contributed by atoms with E-state index in [1.807, 2.05) is 11.8 Å². The molecule has 73 heavy (non-hydrogen) atoms. The summed E-state index contributed by atoms with van der Waals surface area (Å²) >= 11 is 1.85. The molecule has 6 rings (SSSR count). The number of urea groups is 1. The van der Waals surface area contributed by atoms with Crippen molar-refractivity contribution < 1.29 is 108 Å². The van der Waals surface area contributed by atoms with Crippen LogP contribution in [0.15, 0.2) is 0 Å². The highest BCUT2D eigenvalue weighted by Crippen LogP contribution is 2.37. The van der Waals surface area contributed by atoms with E-state index < -0.39 is 142 Å². The van der Waals surface area contributed by atoms with E-state index in [0.29, 0.717) is 37.5 Å². The minimum atomic E-state index is -1.95. The summed E-state index contributed by atoms with van der Waals surface area (Å²) in [6.07, 6.45) is -25.8. The van der Waals surface area contributed by atoms with E-state index in [0.717, 1.165) is 31.9 Å². The molecular weight excluding hydrogens is 995 g/mol. The third-order valence-corrected chi connectivity index (χ3v) is 15.4. The Bertz CT molecular complexity index is 1770. The van der Waals surface area contributed by atoms with E-state index in [9.17, 15) is 70.2 Å². The summed E-state index contributed by atoms with van der Waals surface area (Å²) in [5.74, 6) is 0.00430. The predicted octanol–water partition coefficient (Wildman–Crippen LogP) is -5.62. The van der Waals surface area contributed by atoms with Crippen LogP contribution in [0.3, 0.4) is 0 Å². The number of carbonyl (C=O) groups is 4. The van der Waals surface area contributed by atoms with Crippen LogP contribution in [0, 0.1) is 0 Å². The lowest BCUT2D eigenvalue weighted by atomic mass is 9.94. The normalized spacial score (nSPS) is 41.6. The molecule has 420 valence electrons. The molecule has 0 aromatic carbocycles. The van der Waals surface area contributed by atoms with Crippen molar-refractivity contribution in [3.8, 4) is 0 Å². The van der Waals surface area contributed by atoms with Gasteiger partial charge in [-0.25, -0.2) is 4.79 Å². The zero-order valence-electron chi connectivity index (χ0n) is 41.2. The first kappa shape index (κ1) is 59.6. The first-order valence-electron chi connectivity index (χ1n) is 25.2. The molecule has 6 saturated heterocycles. The van der Waals surface area contributed by atoms with E-state index in [-0.39, 0.29) is 55.9 Å². The molecule has 23 atom stereocenters. The molecule has 5 amide bonds. The molecule has 0 aromatic heterocycles. The highest BCUT2D eigenvalue weighted by Gasteiger charge is 2.56. The zero-order valence-corrected chi connectivity index (χ0v) is 42.0. The van der Waals surface area contributed by atoms with Gasteiger partial charge in [-0.05, 0) is 46.0 Å². The lowest BCUT2D eigenvalue weighted by Gasteiger charge is -2.51. The van der Waals surface area contributed by atoms with Gasteiger partial charge in [-0.3, -0.25) is 14.4 Å². The zero-order chi connectivity index (χ0) is 53.1. The second-order valence-corrected chi connectivity index (χ2v) is 20.7. The Morgan fingerprint density at radius 1 is 0.616 bits per heavy atom. The van der Waals surface area contributed by atoms with Crippen LogP contribution in [0.2, 0.25) is 0 Å². The van der Waals surface area contributed by atoms with Crippen molar-refractivity contribution in [1.29, 1.82) is 0 Å². The van der Waals surface area contributed by atoms with E-state index >= 15 is 0 Å². The largest absolute Gasteiger partial charge is 0.394 e. The smallest absolute Gasteiger partial charge is 0.315 e. The van der Waals surface area contributed by atoms with Crippen LogP contribution in [0.1, 0.15) is 78.6 Å². The predicted molar refractivity (Wildman–Crippen MR) is 249 cm³/mol. The number of thioether (sulfide) groups is 1. The number of fused-ring (bicyclic) bond motifs is 1. The monoisotopic (exact) mass is 1070 g/mol. The Kier molecular flexibility index (Phi) is 22.9. The number of ether oxygens (including phenoxy) is 8. The van der Waals surface area contributed by atoms with Gasteiger partial charge in [-0.2, -0.15) is 11.8 Å². The summed E-state index contributed by atoms with van der Waals surface area (Å²) in [6.45, 7) is 2.78. The molecule has 20 unspecified atom stereocenters. The number of unbranched alkanes of at least 4 members (excludes halogenated alkanes) is 3. The minimum absolute atomic E-state index is 0.0225. The number of aliphatic hydroxyl groups excluding tert-OH is 10. The van der Waals surface area contributed by atoms with Crippen molar-refractivity contribution in [2.24, 2.45) is 0 Å². The Balaban J connectivity index is 1.02. The summed E-state index contributed by atoms with van der Waals surface area (Å²) in [7, 11) is 0. The lowest BCUT2D eigenvalue weighted by Crippen LogP contribution is -2.70. The molecule has 6 fully saturated rings. The van der Waals surface area contributed by atoms with Gasteiger partial charge in [-0.15, -0.1) is 0 Å². The third-order valence-electron chi connectivity index (χ3n) is 13.9. The Labute approximate surface area is 426 Å². The summed E-state index contributed by atoms with van der Waals surface area (Å²) in [5, 5.41) is 121. The van der Waals surface area contributed by atoms with Crippen LogP contribution in [-0.4, -0.2) is 254 Å². The van der Waals surface area contributed by atoms with Crippen molar-refractivity contribution in [2.45, 2.75) is 219 Å². The Hall–Kier alpha value is -2.69. The number of aliphatic hydroxyl groups is 10. The van der Waals surface area contributed by atoms with Gasteiger partial charge in [0, 0.05) is 43.9 Å². The molecular formula is C45H77N5O22S. The van der Waals surface area contributed by atoms with Crippen molar-refractivity contribution in [3.63, 3.8) is 0 Å². The lowest BCUT2D eigenvalue weighted by molar-refractivity contribution is -0.392. The van der Waals surface area contributed by atoms with Crippen LogP contribution >= 0.6 is 11.8 Å². The first-order chi connectivity index (χ1) is 34.8. The standard InChI is InChI=1S/C45H77N5O22S/c1-19-30(56)33(59)36(62)42(66-19)71-39-29(48-21(3)53)41(65-15-9-14-47-26(54)11-5-4-8-13-46-27(55)12-7-6-10-25-28-22(18-73-25)49-45(64)50-28)69-24(17-52)38(39)70-44-40(35(61)32(58)23(16-51)68-44)72-43-37(63)34(60)31(57)20(2)67-43/h19-20,22-25,28-44,51-52,56-63H,4-18H2,1-3H3,(H,46,55)(H,47,54)(H,48,53)(H2,49,50,64)/t19?,20?,22-,23?,24?,25-,28-,29?,30?,31?,32?,33?,34?,35?,36?,37?,38?,39?,40?,41?,42?,43?,44?/m0/s1. The fraction of sp³-hybridized carbons (Fsp3) is 0.911. The maximum Gasteiger partial charge on any atom is 0.315 e. The molecule has 6 aliphatic rings. The van der Waals surface area contributed by atoms with Crippen molar-refractivity contribution in [2.75, 3.05) is 38.7 Å². The second kappa shape index (κ2) is 28.1. The number of amides is 5. The maximum absolute atomic E-state index is 12.8. The number of hydrogen-bond donors (Lipinski definition) is 15. The van der Waals surface area contributed by atoms with E-state index in [1.165, 1.54) is 13.8 Å². The maximum atomic E-state index is 12.8. The van der Waals surface area contributed by atoms with Gasteiger partial charge in [0.2, 0.25) is 17.7 Å². The van der Waals surface area contributed by atoms with E-state index in [4.69, 9.17) is 37.9 Å². The molecule has 6 aliphatic heterocycles. The molecule has 15 N–H and O–H groups in total. The van der Waals surface area contributed by atoms with Crippen LogP contribution in [0.5, 0.6) is 0 Å². The van der Waals surface area contributed by atoms with Crippen molar-refractivity contribution in [1.82, 2.24) is 26.6 Å². The van der Waals surface area contributed by atoms with Crippen LogP contribution < -0.4 is 26.6 Å². The summed E-state index contributed by atoms with van der Waals surface area (Å²) in [4.78, 5) is 49.5. The van der Waals surface area contributed by atoms with Gasteiger partial charge >= 0.3 is 6.03 Å². The number of hydrogen-bond acceptors (Lipinski definition) is 23. The van der Waals surface area contributed by atoms with E-state index in [2.05, 4.69) is 26.6 Å². The highest BCUT2D eigenvalue weighted by atomic mass is 32.2. The molecule has 0 saturated carbocycles. The quantitative estimate of drug-likeness (QED) is 0.0299. The van der Waals surface area contributed by atoms with Gasteiger partial charge in [0.05, 0.1) is 44.1 Å². The van der Waals surface area contributed by atoms with Crippen LogP contribution in [0.25, 0.3) is 0 Å². The van der Waals surface area contributed by atoms with Gasteiger partial charge in [0.1, 0.15) is 85.4 Å². The molecule has 0 bridgehead atoms. The van der Waals surface area contributed by atoms with Crippen molar-refractivity contribution >= 4 is 35.5 Å². The Morgan fingerprint density at radius 2 is 1.18 bits per heavy atom. The van der Waals surface area contributed by atoms with Gasteiger partial charge in [0.25, 0.3) is 0 Å². The molecule has 0 radical (unpaired) electrons. The topological polar surface area (TPSA) is 405 Å². The highest BCUT2D eigenvalue weighted by molar-refractivity contribution is 8.00. The van der Waals surface area contributed by atoms with Gasteiger partial charge < -0.3 is 116 Å². The number of rotatable bonds is 25. The molecule has 6 heterocycles. The van der Waals surface area contributed by atoms with Crippen LogP contribution in [-0.2, 0) is 52.3 Å². The average molecular weight is 1070 g/mol. The SMILES string of the molecule is CC(=O)NC1C(OCCCNC(=O)CCCCCNC(=O)CCCC[C@@H]2SC[C@@H]3NC(=O)N[C@@H]32)OC(CO)C(OC2OC(CO)C(O)C(O)C2OC2OC(C)C(O)C(O)C2O)C1OC1OC(C)C(O)C(O)C1O. The van der Waals surface area contributed by atoms with E-state index in [1.54, 1.807) is 0 Å². The third kappa shape index (κ3) is 15.5. The Morgan fingerprint density at radius 3 is 1.78 bits per heavy atom. The molecule has 0 spiro atoms. The summed E-state index contributed by atoms with van der Waals surface area (Å²) in [5.41, 5.74) is 0. The fourth-order valence-corrected chi connectivity index (χ4v) is 11.2. The molecule has 0 aliphatic carbocycles. The number of nitrogens with one attached hydrogen (secondary N) is 5. The number of carbonyl (C=O) groups excluding carboxylic acids is 4. The van der Waals surface area contributed by atoms with Crippen LogP contribution in [0.4, 0.5) is 4.79 Å². The minimum Gasteiger partial charge on any atom is -0.394 e. The summed E-state index contributed by atoms with van der Waals surface area (Å²) < 4.78 is 47.8. The first-order valence-corrected chi connectivity index (χ1v) is 26.2. The second-order valence-electron chi connectivity index (χ2n) is 19.4. The molecule has 28 heteroatoms. The molecule has 0 aromatic rings. The van der Waals surface area contributed by atoms with Gasteiger partial charge in [-0.1, -0.05) is 12.8 Å². The summed E-state index contributed by atoms with van der Waals surface area (Å²) in [6, 6.07) is -1.20. The van der Waals surface area contributed by atoms with Crippen molar-refractivity contribution in [3.05, 3.63) is 0 Å². The molecule has 27 nitrogen and oxygen atoms in total.